The normalized spacial score (nSPS) is 19.5. The predicted molar refractivity (Wildman–Crippen MR) is 125 cm³/mol. The topological polar surface area (TPSA) is 104 Å². The molecule has 0 aromatic heterocycles. The van der Waals surface area contributed by atoms with E-state index in [4.69, 9.17) is 11.6 Å². The molecular weight excluding hydrogens is 469 g/mol. The zero-order chi connectivity index (χ0) is 24.2. The molecule has 10 heteroatoms. The summed E-state index contributed by atoms with van der Waals surface area (Å²) in [7, 11) is -3.80. The van der Waals surface area contributed by atoms with Crippen LogP contribution in [0.4, 0.5) is 10.1 Å². The molecule has 33 heavy (non-hydrogen) atoms. The van der Waals surface area contributed by atoms with Crippen molar-refractivity contribution in [3.63, 3.8) is 0 Å². The number of benzene rings is 2. The number of amides is 2. The monoisotopic (exact) mass is 495 g/mol. The molecule has 2 aromatic carbocycles. The van der Waals surface area contributed by atoms with E-state index in [1.165, 1.54) is 37.3 Å². The molecule has 3 N–H and O–H groups in total. The molecule has 3 rings (SSSR count). The van der Waals surface area contributed by atoms with E-state index >= 15 is 0 Å². The van der Waals surface area contributed by atoms with E-state index in [0.717, 1.165) is 5.56 Å². The summed E-state index contributed by atoms with van der Waals surface area (Å²) in [5, 5.41) is 5.62. The predicted octanol–water partition coefficient (Wildman–Crippen LogP) is 4.15. The molecule has 1 unspecified atom stereocenters. The third-order valence-corrected chi connectivity index (χ3v) is 7.54. The maximum atomic E-state index is 13.1. The fraction of sp³-hybridized carbons (Fsp3) is 0.391. The highest BCUT2D eigenvalue weighted by molar-refractivity contribution is 7.89. The molecule has 0 saturated heterocycles. The van der Waals surface area contributed by atoms with Gasteiger partial charge in [-0.3, -0.25) is 9.59 Å². The Balaban J connectivity index is 1.54. The van der Waals surface area contributed by atoms with Crippen LogP contribution in [0.3, 0.4) is 0 Å². The van der Waals surface area contributed by atoms with Gasteiger partial charge in [0.25, 0.3) is 0 Å². The summed E-state index contributed by atoms with van der Waals surface area (Å²) in [5.41, 5.74) is 1.15. The van der Waals surface area contributed by atoms with Gasteiger partial charge in [-0.1, -0.05) is 23.7 Å². The van der Waals surface area contributed by atoms with Crippen LogP contribution in [0.5, 0.6) is 0 Å². The molecule has 0 heterocycles. The average Bonchev–Trinajstić information content (AvgIpc) is 2.75. The van der Waals surface area contributed by atoms with E-state index < -0.39 is 10.0 Å². The van der Waals surface area contributed by atoms with E-state index in [1.54, 1.807) is 12.1 Å². The Hall–Kier alpha value is -2.49. The van der Waals surface area contributed by atoms with E-state index in [0.29, 0.717) is 31.4 Å². The smallest absolute Gasteiger partial charge is 0.240 e. The van der Waals surface area contributed by atoms with Gasteiger partial charge >= 0.3 is 0 Å². The lowest BCUT2D eigenvalue weighted by atomic mass is 9.85. The Morgan fingerprint density at radius 1 is 1.06 bits per heavy atom. The van der Waals surface area contributed by atoms with E-state index in [9.17, 15) is 22.4 Å². The number of halogens is 2. The summed E-state index contributed by atoms with van der Waals surface area (Å²) in [6.45, 7) is 3.18. The van der Waals surface area contributed by atoms with Gasteiger partial charge in [-0.05, 0) is 68.5 Å². The van der Waals surface area contributed by atoms with Gasteiger partial charge in [0.05, 0.1) is 21.6 Å². The van der Waals surface area contributed by atoms with Crippen LogP contribution < -0.4 is 15.4 Å². The summed E-state index contributed by atoms with van der Waals surface area (Å²) >= 11 is 6.10. The third-order valence-electron chi connectivity index (χ3n) is 5.71. The summed E-state index contributed by atoms with van der Waals surface area (Å²) in [4.78, 5) is 23.8. The van der Waals surface area contributed by atoms with Gasteiger partial charge in [-0.15, -0.1) is 0 Å². The van der Waals surface area contributed by atoms with Crippen LogP contribution >= 0.6 is 11.6 Å². The van der Waals surface area contributed by atoms with Crippen molar-refractivity contribution in [1.29, 1.82) is 0 Å². The minimum atomic E-state index is -3.80. The Kier molecular flexibility index (Phi) is 8.10. The lowest BCUT2D eigenvalue weighted by molar-refractivity contribution is -0.126. The number of sulfonamides is 1. The first-order valence-corrected chi connectivity index (χ1v) is 12.6. The molecule has 2 amide bonds. The number of nitrogens with one attached hydrogen (secondary N) is 3. The lowest BCUT2D eigenvalue weighted by Crippen LogP contribution is -2.41. The second-order valence-electron chi connectivity index (χ2n) is 8.27. The molecular formula is C23H27ClFN3O4S. The minimum absolute atomic E-state index is 0.00888. The Morgan fingerprint density at radius 3 is 2.27 bits per heavy atom. The molecule has 1 atom stereocenters. The van der Waals surface area contributed by atoms with Gasteiger partial charge in [0.1, 0.15) is 5.82 Å². The highest BCUT2D eigenvalue weighted by atomic mass is 35.5. The molecule has 2 aromatic rings. The van der Waals surface area contributed by atoms with Crippen molar-refractivity contribution in [3.8, 4) is 0 Å². The standard InChI is InChI=1S/C23H27ClFN3O4S/c1-14(16-3-7-18(25)8-4-16)26-23(30)17-5-9-19(10-6-17)28-33(31,32)20-11-12-22(21(24)13-20)27-15(2)29/h3-4,7-8,11-14,17,19,28H,5-6,9-10H2,1-2H3,(H,26,30)(H,27,29). The molecule has 0 aliphatic heterocycles. The molecule has 0 radical (unpaired) electrons. The fourth-order valence-corrected chi connectivity index (χ4v) is 5.50. The molecule has 1 saturated carbocycles. The van der Waals surface area contributed by atoms with Crippen LogP contribution in [0.15, 0.2) is 47.4 Å². The van der Waals surface area contributed by atoms with Gasteiger partial charge in [-0.25, -0.2) is 17.5 Å². The Morgan fingerprint density at radius 2 is 1.70 bits per heavy atom. The van der Waals surface area contributed by atoms with Crippen LogP contribution in [0.1, 0.15) is 51.1 Å². The van der Waals surface area contributed by atoms with Crippen molar-refractivity contribution in [1.82, 2.24) is 10.0 Å². The maximum absolute atomic E-state index is 13.1. The molecule has 1 aliphatic rings. The second kappa shape index (κ2) is 10.6. The van der Waals surface area contributed by atoms with Crippen LogP contribution in [0.25, 0.3) is 0 Å². The molecule has 0 spiro atoms. The van der Waals surface area contributed by atoms with E-state index in [2.05, 4.69) is 15.4 Å². The van der Waals surface area contributed by atoms with Crippen molar-refractivity contribution in [3.05, 3.63) is 58.9 Å². The molecule has 0 bridgehead atoms. The zero-order valence-corrected chi connectivity index (χ0v) is 20.0. The highest BCUT2D eigenvalue weighted by Gasteiger charge is 2.30. The van der Waals surface area contributed by atoms with Crippen LogP contribution in [-0.2, 0) is 19.6 Å². The van der Waals surface area contributed by atoms with Gasteiger partial charge in [0, 0.05) is 18.9 Å². The van der Waals surface area contributed by atoms with Crippen LogP contribution in [-0.4, -0.2) is 26.3 Å². The Labute approximate surface area is 198 Å². The number of carbonyl (C=O) groups excluding carboxylic acids is 2. The lowest BCUT2D eigenvalue weighted by Gasteiger charge is -2.29. The first-order chi connectivity index (χ1) is 15.5. The van der Waals surface area contributed by atoms with Gasteiger partial charge in [-0.2, -0.15) is 0 Å². The quantitative estimate of drug-likeness (QED) is 0.536. The first-order valence-electron chi connectivity index (χ1n) is 10.7. The number of carbonyl (C=O) groups is 2. The zero-order valence-electron chi connectivity index (χ0n) is 18.4. The largest absolute Gasteiger partial charge is 0.349 e. The SMILES string of the molecule is CC(=O)Nc1ccc(S(=O)(=O)NC2CCC(C(=O)NC(C)c3ccc(F)cc3)CC2)cc1Cl. The van der Waals surface area contributed by atoms with Gasteiger partial charge in [0.2, 0.25) is 21.8 Å². The number of hydrogen-bond acceptors (Lipinski definition) is 4. The molecule has 1 aliphatic carbocycles. The van der Waals surface area contributed by atoms with Crippen molar-refractivity contribution in [2.24, 2.45) is 5.92 Å². The summed E-state index contributed by atoms with van der Waals surface area (Å²) in [6, 6.07) is 9.58. The minimum Gasteiger partial charge on any atom is -0.349 e. The van der Waals surface area contributed by atoms with E-state index in [-0.39, 0.29) is 45.6 Å². The number of rotatable bonds is 7. The van der Waals surface area contributed by atoms with Gasteiger partial charge in [0.15, 0.2) is 0 Å². The number of hydrogen-bond donors (Lipinski definition) is 3. The van der Waals surface area contributed by atoms with E-state index in [1.807, 2.05) is 6.92 Å². The van der Waals surface area contributed by atoms with Gasteiger partial charge < -0.3 is 10.6 Å². The van der Waals surface area contributed by atoms with Crippen molar-refractivity contribution >= 4 is 39.1 Å². The molecule has 7 nitrogen and oxygen atoms in total. The summed E-state index contributed by atoms with van der Waals surface area (Å²) in [6.07, 6.45) is 2.16. The van der Waals surface area contributed by atoms with Crippen molar-refractivity contribution in [2.45, 2.75) is 56.5 Å². The highest BCUT2D eigenvalue weighted by Crippen LogP contribution is 2.29. The fourth-order valence-electron chi connectivity index (χ4n) is 3.88. The number of anilines is 1. The van der Waals surface area contributed by atoms with Crippen LogP contribution in [0, 0.1) is 11.7 Å². The molecule has 1 fully saturated rings. The van der Waals surface area contributed by atoms with Crippen molar-refractivity contribution < 1.29 is 22.4 Å². The molecule has 178 valence electrons. The van der Waals surface area contributed by atoms with Crippen molar-refractivity contribution in [2.75, 3.05) is 5.32 Å². The summed E-state index contributed by atoms with van der Waals surface area (Å²) in [5.74, 6) is -0.934. The third kappa shape index (κ3) is 6.75. The second-order valence-corrected chi connectivity index (χ2v) is 10.4. The van der Waals surface area contributed by atoms with Crippen LogP contribution in [0.2, 0.25) is 5.02 Å². The maximum Gasteiger partial charge on any atom is 0.240 e. The summed E-state index contributed by atoms with van der Waals surface area (Å²) < 4.78 is 41.3. The first kappa shape index (κ1) is 25.1. The average molecular weight is 496 g/mol. The Bertz CT molecular complexity index is 1120.